The molecule has 11 heteroatoms. The third kappa shape index (κ3) is 11.2. The maximum Gasteiger partial charge on any atom is 0.466 e. The van der Waals surface area contributed by atoms with E-state index < -0.39 is 45.4 Å². The van der Waals surface area contributed by atoms with Crippen LogP contribution in [0.3, 0.4) is 0 Å². The van der Waals surface area contributed by atoms with Crippen molar-refractivity contribution in [3.05, 3.63) is 11.6 Å². The number of hydrogen-bond donors (Lipinski definition) is 5. The maximum atomic E-state index is 12.3. The lowest BCUT2D eigenvalue weighted by Gasteiger charge is -2.36. The zero-order valence-corrected chi connectivity index (χ0v) is 16.3. The molecule has 1 amide bonds. The molecule has 0 unspecified atom stereocenters. The van der Waals surface area contributed by atoms with Crippen LogP contribution in [0.4, 0.5) is 0 Å². The Morgan fingerprint density at radius 3 is 2.44 bits per heavy atom. The average Bonchev–Trinajstić information content (AvgIpc) is 2.58. The molecule has 0 aliphatic heterocycles. The highest BCUT2D eigenvalue weighted by atomic mass is 31.2. The van der Waals surface area contributed by atoms with Crippen LogP contribution in [0, 0.1) is 0 Å². The zero-order chi connectivity index (χ0) is 25.5. The summed E-state index contributed by atoms with van der Waals surface area (Å²) in [5.41, 5.74) is 6.13. The minimum absolute atomic E-state index is 0.0103. The molecule has 1 rings (SSSR count). The lowest BCUT2D eigenvalue weighted by Crippen LogP contribution is -2.57. The Balaban J connectivity index is 0.00000172. The Labute approximate surface area is 166 Å². The molecule has 0 fully saturated rings. The van der Waals surface area contributed by atoms with Gasteiger partial charge in [0.15, 0.2) is 0 Å². The molecule has 158 valence electrons. The van der Waals surface area contributed by atoms with Gasteiger partial charge in [-0.3, -0.25) is 4.79 Å². The Hall–Kier alpha value is -1.29. The molecule has 0 heterocycles. The van der Waals surface area contributed by atoms with Crippen LogP contribution in [0.1, 0.15) is 53.7 Å². The van der Waals surface area contributed by atoms with Crippen LogP contribution in [0.2, 0.25) is 0 Å². The molecule has 0 saturated heterocycles. The second-order valence-electron chi connectivity index (χ2n) is 5.83. The normalized spacial score (nSPS) is 26.1. The molecule has 0 bridgehead atoms. The molecule has 10 nitrogen and oxygen atoms in total. The Bertz CT molecular complexity index is 715. The van der Waals surface area contributed by atoms with Gasteiger partial charge in [-0.1, -0.05) is 13.8 Å². The molecule has 1 aliphatic rings. The van der Waals surface area contributed by atoms with Crippen LogP contribution >= 0.6 is 7.82 Å². The minimum atomic E-state index is -4.64. The smallest absolute Gasteiger partial charge is 0.463 e. The van der Waals surface area contributed by atoms with Gasteiger partial charge in [0.05, 0.1) is 27.6 Å². The summed E-state index contributed by atoms with van der Waals surface area (Å²) in [6, 6.07) is -1.25. The topological polar surface area (TPSA) is 168 Å². The lowest BCUT2D eigenvalue weighted by molar-refractivity contribution is -0.139. The van der Waals surface area contributed by atoms with Crippen molar-refractivity contribution in [2.24, 2.45) is 5.73 Å². The molecule has 6 N–H and O–H groups in total. The lowest BCUT2D eigenvalue weighted by atomic mass is 9.88. The first-order chi connectivity index (χ1) is 14.3. The van der Waals surface area contributed by atoms with E-state index in [-0.39, 0.29) is 24.0 Å². The van der Waals surface area contributed by atoms with Gasteiger partial charge < -0.3 is 35.2 Å². The highest BCUT2D eigenvalue weighted by molar-refractivity contribution is 7.45. The van der Waals surface area contributed by atoms with E-state index >= 15 is 0 Å². The van der Waals surface area contributed by atoms with Gasteiger partial charge in [-0.05, 0) is 32.2 Å². The highest BCUT2D eigenvalue weighted by Gasteiger charge is 2.35. The highest BCUT2D eigenvalue weighted by Crippen LogP contribution is 2.26. The van der Waals surface area contributed by atoms with E-state index in [2.05, 4.69) is 10.1 Å². The molecule has 27 heavy (non-hydrogen) atoms. The first-order valence-electron chi connectivity index (χ1n) is 10.7. The molecule has 1 aliphatic carbocycles. The van der Waals surface area contributed by atoms with Crippen molar-refractivity contribution >= 4 is 19.7 Å². The number of amides is 1. The number of ether oxygens (including phenoxy) is 2. The van der Waals surface area contributed by atoms with Crippen molar-refractivity contribution in [2.75, 3.05) is 6.56 Å². The van der Waals surface area contributed by atoms with Crippen molar-refractivity contribution in [2.45, 2.75) is 71.2 Å². The van der Waals surface area contributed by atoms with Crippen LogP contribution in [-0.2, 0) is 23.6 Å². The van der Waals surface area contributed by atoms with E-state index in [1.165, 1.54) is 13.0 Å². The van der Waals surface area contributed by atoms with E-state index in [0.717, 1.165) is 0 Å². The first-order valence-corrected chi connectivity index (χ1v) is 9.79. The predicted molar refractivity (Wildman–Crippen MR) is 98.4 cm³/mol. The SMILES string of the molecule is O=P(O)(O)O.[2H]C([2H])([2H])C([2H])([2H])OC(=O)C1=C[C@@H](OC(CC)CC)[C@H](NC(C)=O)[C@@H](N)C1. The molecule has 0 spiro atoms. The fourth-order valence-corrected chi connectivity index (χ4v) is 2.51. The maximum absolute atomic E-state index is 12.3. The predicted octanol–water partition coefficient (Wildman–Crippen LogP) is 0.357. The fraction of sp³-hybridized carbons (Fsp3) is 0.750. The van der Waals surface area contributed by atoms with Crippen molar-refractivity contribution in [1.29, 1.82) is 0 Å². The van der Waals surface area contributed by atoms with E-state index in [0.29, 0.717) is 12.8 Å². The van der Waals surface area contributed by atoms with Crippen LogP contribution < -0.4 is 11.1 Å². The Kier molecular flexibility index (Phi) is 8.05. The van der Waals surface area contributed by atoms with Gasteiger partial charge in [-0.25, -0.2) is 9.36 Å². The molecule has 0 aromatic rings. The summed E-state index contributed by atoms with van der Waals surface area (Å²) in [6.07, 6.45) is 2.00. The van der Waals surface area contributed by atoms with Gasteiger partial charge in [-0.15, -0.1) is 0 Å². The third-order valence-electron chi connectivity index (χ3n) is 3.67. The fourth-order valence-electron chi connectivity index (χ4n) is 2.51. The van der Waals surface area contributed by atoms with Gasteiger partial charge >= 0.3 is 13.8 Å². The number of hydrogen-bond acceptors (Lipinski definition) is 6. The Morgan fingerprint density at radius 2 is 2.00 bits per heavy atom. The van der Waals surface area contributed by atoms with Gasteiger partial charge in [0.2, 0.25) is 5.91 Å². The molecule has 0 aromatic heterocycles. The van der Waals surface area contributed by atoms with Crippen molar-refractivity contribution in [3.8, 4) is 0 Å². The number of carbonyl (C=O) groups is 2. The third-order valence-corrected chi connectivity index (χ3v) is 3.67. The monoisotopic (exact) mass is 415 g/mol. The second-order valence-corrected chi connectivity index (χ2v) is 6.86. The molecular formula is C16H31N2O8P. The summed E-state index contributed by atoms with van der Waals surface area (Å²) in [5, 5.41) is 2.72. The van der Waals surface area contributed by atoms with Gasteiger partial charge in [0.25, 0.3) is 0 Å². The minimum Gasteiger partial charge on any atom is -0.463 e. The number of rotatable bonds is 7. The Morgan fingerprint density at radius 1 is 1.44 bits per heavy atom. The standard InChI is InChI=1S/C16H28N2O4.H3O4P/c1-5-12(6-2)22-14-9-11(16(20)21-7-3)8-13(17)15(14)18-10(4)19;1-5(2,3)4/h9,12-15H,5-8,17H2,1-4H3,(H,18,19);(H3,1,2,3,4)/t13-,14+,15+;/m0./s1/i3D3,7D2;. The summed E-state index contributed by atoms with van der Waals surface area (Å²) in [5.74, 6) is -1.40. The largest absolute Gasteiger partial charge is 0.466 e. The van der Waals surface area contributed by atoms with Crippen molar-refractivity contribution in [1.82, 2.24) is 5.32 Å². The average molecular weight is 415 g/mol. The van der Waals surface area contributed by atoms with E-state index in [4.69, 9.17) is 36.6 Å². The quantitative estimate of drug-likeness (QED) is 0.291. The van der Waals surface area contributed by atoms with Crippen LogP contribution in [0.25, 0.3) is 0 Å². The van der Waals surface area contributed by atoms with Crippen LogP contribution in [0.5, 0.6) is 0 Å². The van der Waals surface area contributed by atoms with E-state index in [1.807, 2.05) is 13.8 Å². The van der Waals surface area contributed by atoms with Gasteiger partial charge in [0.1, 0.15) is 0 Å². The van der Waals surface area contributed by atoms with Crippen molar-refractivity contribution in [3.63, 3.8) is 0 Å². The second kappa shape index (κ2) is 12.2. The summed E-state index contributed by atoms with van der Waals surface area (Å²) in [7, 11) is -4.64. The summed E-state index contributed by atoms with van der Waals surface area (Å²) in [4.78, 5) is 45.4. The van der Waals surface area contributed by atoms with Gasteiger partial charge in [0, 0.05) is 22.7 Å². The first kappa shape index (κ1) is 17.8. The number of esters is 1. The number of carbonyl (C=O) groups excluding carboxylic acids is 2. The molecular weight excluding hydrogens is 379 g/mol. The van der Waals surface area contributed by atoms with E-state index in [1.54, 1.807) is 0 Å². The van der Waals surface area contributed by atoms with Crippen LogP contribution in [0.15, 0.2) is 11.6 Å². The summed E-state index contributed by atoms with van der Waals surface area (Å²) < 4.78 is 55.7. The summed E-state index contributed by atoms with van der Waals surface area (Å²) in [6.45, 7) is -1.03. The molecule has 0 radical (unpaired) electrons. The van der Waals surface area contributed by atoms with Crippen LogP contribution in [-0.4, -0.2) is 57.4 Å². The van der Waals surface area contributed by atoms with E-state index in [9.17, 15) is 9.59 Å². The van der Waals surface area contributed by atoms with Crippen molar-refractivity contribution < 1.29 is 45.2 Å². The number of nitrogens with two attached hydrogens (primary N) is 1. The number of phosphoric acid groups is 1. The molecule has 0 saturated carbocycles. The molecule has 3 atom stereocenters. The zero-order valence-electron chi connectivity index (χ0n) is 20.4. The van der Waals surface area contributed by atoms with Gasteiger partial charge in [-0.2, -0.15) is 0 Å². The number of nitrogens with one attached hydrogen (secondary N) is 1. The molecule has 0 aromatic carbocycles. The summed E-state index contributed by atoms with van der Waals surface area (Å²) >= 11 is 0.